The maximum Gasteiger partial charge on any atom is 0.410 e. The van der Waals surface area contributed by atoms with Gasteiger partial charge in [-0.1, -0.05) is 42.5 Å². The van der Waals surface area contributed by atoms with Crippen molar-refractivity contribution >= 4 is 6.09 Å². The highest BCUT2D eigenvalue weighted by Crippen LogP contribution is 2.47. The topological polar surface area (TPSA) is 49.8 Å². The third kappa shape index (κ3) is 3.42. The Balaban J connectivity index is 1.50. The highest BCUT2D eigenvalue weighted by Gasteiger charge is 2.51. The van der Waals surface area contributed by atoms with Gasteiger partial charge in [-0.05, 0) is 61.4 Å². The number of amides is 1. The zero-order valence-corrected chi connectivity index (χ0v) is 16.9. The number of carbonyl (C=O) groups is 1. The van der Waals surface area contributed by atoms with Crippen LogP contribution in [0.1, 0.15) is 53.5 Å². The van der Waals surface area contributed by atoms with Crippen molar-refractivity contribution in [1.29, 1.82) is 0 Å². The van der Waals surface area contributed by atoms with Crippen LogP contribution in [0.3, 0.4) is 0 Å². The lowest BCUT2D eigenvalue weighted by atomic mass is 9.78. The van der Waals surface area contributed by atoms with Gasteiger partial charge in [-0.2, -0.15) is 0 Å². The van der Waals surface area contributed by atoms with Gasteiger partial charge in [-0.3, -0.25) is 0 Å². The molecule has 4 heteroatoms. The summed E-state index contributed by atoms with van der Waals surface area (Å²) < 4.78 is 5.59. The molecule has 4 rings (SSSR count). The molecule has 2 fully saturated rings. The van der Waals surface area contributed by atoms with E-state index < -0.39 is 5.60 Å². The van der Waals surface area contributed by atoms with E-state index >= 15 is 0 Å². The molecule has 0 aliphatic carbocycles. The molecule has 0 saturated carbocycles. The Morgan fingerprint density at radius 3 is 2.29 bits per heavy atom. The SMILES string of the molecule is Cc1cc(C)c(C2(O)CC3CCC(C2)N3C(=O)OCc2ccccc2)cc1C. The highest BCUT2D eigenvalue weighted by molar-refractivity contribution is 5.69. The Bertz CT molecular complexity index is 863. The Morgan fingerprint density at radius 1 is 1.04 bits per heavy atom. The van der Waals surface area contributed by atoms with Gasteiger partial charge in [-0.15, -0.1) is 0 Å². The predicted octanol–water partition coefficient (Wildman–Crippen LogP) is 4.76. The fourth-order valence-corrected chi connectivity index (χ4v) is 5.00. The summed E-state index contributed by atoms with van der Waals surface area (Å²) in [5.41, 5.74) is 4.71. The minimum atomic E-state index is -0.870. The van der Waals surface area contributed by atoms with E-state index in [1.54, 1.807) is 0 Å². The molecule has 2 aliphatic heterocycles. The molecular weight excluding hydrogens is 350 g/mol. The van der Waals surface area contributed by atoms with Crippen molar-refractivity contribution in [2.75, 3.05) is 0 Å². The standard InChI is InChI=1S/C24H29NO3/c1-16-11-18(3)22(12-17(16)2)24(27)13-20-9-10-21(14-24)25(20)23(26)28-15-19-7-5-4-6-8-19/h4-8,11-12,20-21,27H,9-10,13-15H2,1-3H3. The van der Waals surface area contributed by atoms with Crippen LogP contribution in [0, 0.1) is 20.8 Å². The van der Waals surface area contributed by atoms with Gasteiger partial charge in [0.15, 0.2) is 0 Å². The van der Waals surface area contributed by atoms with Crippen LogP contribution in [-0.2, 0) is 16.9 Å². The van der Waals surface area contributed by atoms with Gasteiger partial charge in [-0.25, -0.2) is 4.79 Å². The number of carbonyl (C=O) groups excluding carboxylic acids is 1. The minimum absolute atomic E-state index is 0.0352. The third-order valence-corrected chi connectivity index (χ3v) is 6.52. The summed E-state index contributed by atoms with van der Waals surface area (Å²) in [5, 5.41) is 11.5. The van der Waals surface area contributed by atoms with Crippen molar-refractivity contribution in [3.05, 3.63) is 70.3 Å². The summed E-state index contributed by atoms with van der Waals surface area (Å²) in [7, 11) is 0. The van der Waals surface area contributed by atoms with Gasteiger partial charge in [0.1, 0.15) is 6.61 Å². The van der Waals surface area contributed by atoms with E-state index in [4.69, 9.17) is 4.74 Å². The lowest BCUT2D eigenvalue weighted by Crippen LogP contribution is -2.52. The van der Waals surface area contributed by atoms with Gasteiger partial charge in [0.05, 0.1) is 5.60 Å². The number of hydrogen-bond acceptors (Lipinski definition) is 3. The Hall–Kier alpha value is -2.33. The molecule has 2 bridgehead atoms. The summed E-state index contributed by atoms with van der Waals surface area (Å²) in [6.45, 7) is 6.55. The van der Waals surface area contributed by atoms with Crippen LogP contribution in [0.25, 0.3) is 0 Å². The number of aryl methyl sites for hydroxylation is 3. The van der Waals surface area contributed by atoms with Crippen LogP contribution >= 0.6 is 0 Å². The molecule has 1 amide bonds. The molecule has 0 aromatic heterocycles. The van der Waals surface area contributed by atoms with Crippen LogP contribution in [0.5, 0.6) is 0 Å². The van der Waals surface area contributed by atoms with E-state index in [0.717, 1.165) is 29.5 Å². The number of fused-ring (bicyclic) bond motifs is 2. The van der Waals surface area contributed by atoms with Crippen LogP contribution in [0.15, 0.2) is 42.5 Å². The zero-order valence-electron chi connectivity index (χ0n) is 16.9. The first-order chi connectivity index (χ1) is 13.4. The molecule has 2 unspecified atom stereocenters. The molecule has 2 saturated heterocycles. The summed E-state index contributed by atoms with van der Waals surface area (Å²) in [6, 6.07) is 14.1. The van der Waals surface area contributed by atoms with Crippen molar-refractivity contribution in [2.24, 2.45) is 0 Å². The van der Waals surface area contributed by atoms with Gasteiger partial charge >= 0.3 is 6.09 Å². The quantitative estimate of drug-likeness (QED) is 0.836. The molecule has 2 atom stereocenters. The second-order valence-corrected chi connectivity index (χ2v) is 8.52. The van der Waals surface area contributed by atoms with Gasteiger partial charge in [0.2, 0.25) is 0 Å². The first-order valence-electron chi connectivity index (χ1n) is 10.2. The Kier molecular flexibility index (Phi) is 4.92. The monoisotopic (exact) mass is 379 g/mol. The van der Waals surface area contributed by atoms with Gasteiger partial charge in [0, 0.05) is 24.9 Å². The zero-order chi connectivity index (χ0) is 19.9. The average molecular weight is 380 g/mol. The summed E-state index contributed by atoms with van der Waals surface area (Å²) in [4.78, 5) is 14.7. The average Bonchev–Trinajstić information content (AvgIpc) is 2.95. The number of ether oxygens (including phenoxy) is 1. The summed E-state index contributed by atoms with van der Waals surface area (Å²) in [6.07, 6.45) is 2.75. The van der Waals surface area contributed by atoms with E-state index in [1.165, 1.54) is 11.1 Å². The molecule has 2 aliphatic rings. The van der Waals surface area contributed by atoms with E-state index in [2.05, 4.69) is 32.9 Å². The largest absolute Gasteiger partial charge is 0.445 e. The summed E-state index contributed by atoms with van der Waals surface area (Å²) >= 11 is 0. The number of aliphatic hydroxyl groups is 1. The molecule has 0 radical (unpaired) electrons. The lowest BCUT2D eigenvalue weighted by molar-refractivity contribution is -0.0540. The number of piperidine rings is 1. The van der Waals surface area contributed by atoms with Crippen molar-refractivity contribution in [3.63, 3.8) is 0 Å². The Labute approximate surface area is 167 Å². The number of hydrogen-bond donors (Lipinski definition) is 1. The number of rotatable bonds is 3. The predicted molar refractivity (Wildman–Crippen MR) is 109 cm³/mol. The van der Waals surface area contributed by atoms with E-state index in [0.29, 0.717) is 12.8 Å². The first-order valence-corrected chi connectivity index (χ1v) is 10.2. The smallest absolute Gasteiger partial charge is 0.410 e. The molecule has 2 heterocycles. The lowest BCUT2D eigenvalue weighted by Gasteiger charge is -2.44. The summed E-state index contributed by atoms with van der Waals surface area (Å²) in [5.74, 6) is 0. The number of benzene rings is 2. The van der Waals surface area contributed by atoms with Gasteiger partial charge in [0.25, 0.3) is 0 Å². The van der Waals surface area contributed by atoms with Crippen molar-refractivity contribution in [2.45, 2.75) is 70.7 Å². The molecular formula is C24H29NO3. The fraction of sp³-hybridized carbons (Fsp3) is 0.458. The maximum atomic E-state index is 12.8. The molecule has 148 valence electrons. The van der Waals surface area contributed by atoms with Crippen molar-refractivity contribution in [3.8, 4) is 0 Å². The second-order valence-electron chi connectivity index (χ2n) is 8.52. The normalized spacial score (nSPS) is 26.4. The molecule has 4 nitrogen and oxygen atoms in total. The van der Waals surface area contributed by atoms with E-state index in [9.17, 15) is 9.90 Å². The van der Waals surface area contributed by atoms with Gasteiger partial charge < -0.3 is 14.7 Å². The van der Waals surface area contributed by atoms with Crippen LogP contribution in [-0.4, -0.2) is 28.2 Å². The van der Waals surface area contributed by atoms with Crippen LogP contribution < -0.4 is 0 Å². The number of nitrogens with zero attached hydrogens (tertiary/aromatic N) is 1. The highest BCUT2D eigenvalue weighted by atomic mass is 16.6. The molecule has 28 heavy (non-hydrogen) atoms. The fourth-order valence-electron chi connectivity index (χ4n) is 5.00. The van der Waals surface area contributed by atoms with Crippen LogP contribution in [0.2, 0.25) is 0 Å². The molecule has 2 aromatic rings. The molecule has 2 aromatic carbocycles. The first kappa shape index (κ1) is 19.0. The van der Waals surface area contributed by atoms with Crippen LogP contribution in [0.4, 0.5) is 4.79 Å². The van der Waals surface area contributed by atoms with Crippen molar-refractivity contribution < 1.29 is 14.6 Å². The van der Waals surface area contributed by atoms with E-state index in [-0.39, 0.29) is 24.8 Å². The molecule has 1 N–H and O–H groups in total. The third-order valence-electron chi connectivity index (χ3n) is 6.52. The maximum absolute atomic E-state index is 12.8. The second kappa shape index (κ2) is 7.25. The van der Waals surface area contributed by atoms with Crippen molar-refractivity contribution in [1.82, 2.24) is 4.90 Å². The Morgan fingerprint density at radius 2 is 1.64 bits per heavy atom. The molecule has 0 spiro atoms. The van der Waals surface area contributed by atoms with E-state index in [1.807, 2.05) is 35.2 Å². The minimum Gasteiger partial charge on any atom is -0.445 e.